The highest BCUT2D eigenvalue weighted by Crippen LogP contribution is 2.25. The van der Waals surface area contributed by atoms with Crippen LogP contribution in [-0.4, -0.2) is 15.7 Å². The van der Waals surface area contributed by atoms with E-state index in [0.717, 1.165) is 22.4 Å². The Balaban J connectivity index is 1.59. The lowest BCUT2D eigenvalue weighted by Gasteiger charge is -2.02. The predicted octanol–water partition coefficient (Wildman–Crippen LogP) is 5.01. The highest BCUT2D eigenvalue weighted by atomic mass is 19.1. The first kappa shape index (κ1) is 19.3. The molecular weight excluding hydrogens is 377 g/mol. The molecule has 0 spiro atoms. The van der Waals surface area contributed by atoms with Gasteiger partial charge in [0.2, 0.25) is 5.91 Å². The second kappa shape index (κ2) is 9.01. The van der Waals surface area contributed by atoms with E-state index >= 15 is 0 Å². The van der Waals surface area contributed by atoms with Gasteiger partial charge in [0, 0.05) is 29.9 Å². The summed E-state index contributed by atoms with van der Waals surface area (Å²) in [5.74, 6) is -0.505. The number of benzene rings is 3. The molecule has 0 aliphatic heterocycles. The molecule has 0 atom stereocenters. The van der Waals surface area contributed by atoms with Gasteiger partial charge >= 0.3 is 0 Å². The lowest BCUT2D eigenvalue weighted by atomic mass is 10.1. The van der Waals surface area contributed by atoms with Gasteiger partial charge in [0.25, 0.3) is 0 Å². The van der Waals surface area contributed by atoms with Crippen molar-refractivity contribution in [2.75, 3.05) is 0 Å². The van der Waals surface area contributed by atoms with Gasteiger partial charge in [0.1, 0.15) is 5.82 Å². The first-order valence-corrected chi connectivity index (χ1v) is 9.60. The number of hydrogen-bond donors (Lipinski definition) is 1. The lowest BCUT2D eigenvalue weighted by Crippen LogP contribution is -2.20. The molecule has 0 unspecified atom stereocenters. The summed E-state index contributed by atoms with van der Waals surface area (Å²) >= 11 is 0. The van der Waals surface area contributed by atoms with Crippen LogP contribution in [0, 0.1) is 5.82 Å². The highest BCUT2D eigenvalue weighted by molar-refractivity contribution is 5.92. The maximum Gasteiger partial charge on any atom is 0.244 e. The molecule has 0 saturated heterocycles. The minimum atomic E-state index is -0.307. The second-order valence-corrected chi connectivity index (χ2v) is 6.76. The first-order valence-electron chi connectivity index (χ1n) is 9.60. The molecule has 4 aromatic rings. The van der Waals surface area contributed by atoms with Crippen molar-refractivity contribution in [3.63, 3.8) is 0 Å². The van der Waals surface area contributed by atoms with Crippen LogP contribution in [0.1, 0.15) is 11.1 Å². The van der Waals surface area contributed by atoms with E-state index in [1.54, 1.807) is 22.9 Å². The molecule has 0 saturated carbocycles. The number of aromatic nitrogens is 2. The minimum Gasteiger partial charge on any atom is -0.348 e. The molecule has 1 amide bonds. The van der Waals surface area contributed by atoms with Crippen LogP contribution in [-0.2, 0) is 11.3 Å². The number of halogens is 1. The molecule has 5 heteroatoms. The van der Waals surface area contributed by atoms with E-state index in [0.29, 0.717) is 12.2 Å². The largest absolute Gasteiger partial charge is 0.348 e. The average Bonchev–Trinajstić information content (AvgIpc) is 3.22. The zero-order valence-corrected chi connectivity index (χ0v) is 16.2. The minimum absolute atomic E-state index is 0.198. The van der Waals surface area contributed by atoms with Crippen LogP contribution in [0.3, 0.4) is 0 Å². The van der Waals surface area contributed by atoms with E-state index in [4.69, 9.17) is 0 Å². The van der Waals surface area contributed by atoms with E-state index in [1.807, 2.05) is 66.9 Å². The van der Waals surface area contributed by atoms with Crippen molar-refractivity contribution >= 4 is 12.0 Å². The highest BCUT2D eigenvalue weighted by Gasteiger charge is 2.11. The number of carbonyl (C=O) groups is 1. The Morgan fingerprint density at radius 3 is 2.30 bits per heavy atom. The fourth-order valence-electron chi connectivity index (χ4n) is 3.06. The fourth-order valence-corrected chi connectivity index (χ4v) is 3.06. The fraction of sp³-hybridized carbons (Fsp3) is 0.0400. The van der Waals surface area contributed by atoms with Gasteiger partial charge in [-0.2, -0.15) is 5.10 Å². The van der Waals surface area contributed by atoms with Gasteiger partial charge in [-0.25, -0.2) is 9.07 Å². The van der Waals surface area contributed by atoms with Crippen LogP contribution in [0.4, 0.5) is 4.39 Å². The van der Waals surface area contributed by atoms with Gasteiger partial charge in [-0.3, -0.25) is 4.79 Å². The van der Waals surface area contributed by atoms with Gasteiger partial charge < -0.3 is 5.32 Å². The molecule has 0 aliphatic rings. The third-order valence-corrected chi connectivity index (χ3v) is 4.60. The van der Waals surface area contributed by atoms with Crippen molar-refractivity contribution in [2.24, 2.45) is 0 Å². The SMILES string of the molecule is O=C(C=Cc1cn(-c2ccccc2)nc1-c1ccc(F)cc1)NCc1ccccc1. The van der Waals surface area contributed by atoms with Crippen molar-refractivity contribution < 1.29 is 9.18 Å². The third kappa shape index (κ3) is 4.70. The molecule has 4 nitrogen and oxygen atoms in total. The van der Waals surface area contributed by atoms with Crippen molar-refractivity contribution in [1.29, 1.82) is 0 Å². The summed E-state index contributed by atoms with van der Waals surface area (Å²) < 4.78 is 15.1. The summed E-state index contributed by atoms with van der Waals surface area (Å²) in [5, 5.41) is 7.53. The van der Waals surface area contributed by atoms with Crippen LogP contribution >= 0.6 is 0 Å². The van der Waals surface area contributed by atoms with Gasteiger partial charge in [-0.15, -0.1) is 0 Å². The molecule has 3 aromatic carbocycles. The van der Waals surface area contributed by atoms with Crippen molar-refractivity contribution in [3.05, 3.63) is 114 Å². The summed E-state index contributed by atoms with van der Waals surface area (Å²) in [5.41, 5.74) is 4.14. The summed E-state index contributed by atoms with van der Waals surface area (Å²) in [6, 6.07) is 25.6. The van der Waals surface area contributed by atoms with Crippen LogP contribution in [0.5, 0.6) is 0 Å². The molecule has 0 fully saturated rings. The van der Waals surface area contributed by atoms with Crippen LogP contribution < -0.4 is 5.32 Å². The molecule has 1 aromatic heterocycles. The van der Waals surface area contributed by atoms with Gasteiger partial charge in [-0.1, -0.05) is 48.5 Å². The molecule has 4 rings (SSSR count). The van der Waals surface area contributed by atoms with Gasteiger partial charge in [0.05, 0.1) is 11.4 Å². The Labute approximate surface area is 174 Å². The monoisotopic (exact) mass is 397 g/mol. The Morgan fingerprint density at radius 1 is 0.933 bits per heavy atom. The Bertz CT molecular complexity index is 1150. The van der Waals surface area contributed by atoms with E-state index in [-0.39, 0.29) is 11.7 Å². The average molecular weight is 397 g/mol. The van der Waals surface area contributed by atoms with E-state index in [9.17, 15) is 9.18 Å². The van der Waals surface area contributed by atoms with Crippen LogP contribution in [0.2, 0.25) is 0 Å². The summed E-state index contributed by atoms with van der Waals surface area (Å²) in [6.45, 7) is 0.456. The smallest absolute Gasteiger partial charge is 0.244 e. The molecule has 148 valence electrons. The van der Waals surface area contributed by atoms with E-state index in [2.05, 4.69) is 10.4 Å². The molecular formula is C25H20FN3O. The number of rotatable bonds is 6. The van der Waals surface area contributed by atoms with Gasteiger partial charge in [0.15, 0.2) is 0 Å². The normalized spacial score (nSPS) is 11.0. The number of carbonyl (C=O) groups excluding carboxylic acids is 1. The molecule has 0 bridgehead atoms. The summed E-state index contributed by atoms with van der Waals surface area (Å²) in [7, 11) is 0. The first-order chi connectivity index (χ1) is 14.7. The van der Waals surface area contributed by atoms with Crippen molar-refractivity contribution in [3.8, 4) is 16.9 Å². The van der Waals surface area contributed by atoms with E-state index < -0.39 is 0 Å². The maximum atomic E-state index is 13.4. The maximum absolute atomic E-state index is 13.4. The zero-order chi connectivity index (χ0) is 20.8. The predicted molar refractivity (Wildman–Crippen MR) is 116 cm³/mol. The molecule has 0 radical (unpaired) electrons. The zero-order valence-electron chi connectivity index (χ0n) is 16.2. The lowest BCUT2D eigenvalue weighted by molar-refractivity contribution is -0.116. The topological polar surface area (TPSA) is 46.9 Å². The summed E-state index contributed by atoms with van der Waals surface area (Å²) in [4.78, 5) is 12.3. The molecule has 1 heterocycles. The van der Waals surface area contributed by atoms with Gasteiger partial charge in [-0.05, 0) is 48.0 Å². The Hall–Kier alpha value is -3.99. The second-order valence-electron chi connectivity index (χ2n) is 6.76. The molecule has 1 N–H and O–H groups in total. The Morgan fingerprint density at radius 2 is 1.60 bits per heavy atom. The standard InChI is InChI=1S/C25H20FN3O/c26-22-14-11-20(12-15-22)25-21(18-29(28-25)23-9-5-2-6-10-23)13-16-24(30)27-17-19-7-3-1-4-8-19/h1-16,18H,17H2,(H,27,30). The van der Waals surface area contributed by atoms with E-state index in [1.165, 1.54) is 18.2 Å². The van der Waals surface area contributed by atoms with Crippen molar-refractivity contribution in [2.45, 2.75) is 6.54 Å². The van der Waals surface area contributed by atoms with Crippen LogP contribution in [0.15, 0.2) is 97.2 Å². The number of nitrogens with zero attached hydrogens (tertiary/aromatic N) is 2. The van der Waals surface area contributed by atoms with Crippen LogP contribution in [0.25, 0.3) is 23.0 Å². The summed E-state index contributed by atoms with van der Waals surface area (Å²) in [6.07, 6.45) is 5.07. The third-order valence-electron chi connectivity index (χ3n) is 4.60. The quantitative estimate of drug-likeness (QED) is 0.465. The molecule has 30 heavy (non-hydrogen) atoms. The number of nitrogens with one attached hydrogen (secondary N) is 1. The number of amides is 1. The number of para-hydroxylation sites is 1. The number of hydrogen-bond acceptors (Lipinski definition) is 2. The van der Waals surface area contributed by atoms with Crippen molar-refractivity contribution in [1.82, 2.24) is 15.1 Å². The molecule has 0 aliphatic carbocycles. The Kier molecular flexibility index (Phi) is 5.80.